The zero-order chi connectivity index (χ0) is 12.9. The summed E-state index contributed by atoms with van der Waals surface area (Å²) >= 11 is 0. The molecule has 92 valence electrons. The molecule has 0 aromatic heterocycles. The van der Waals surface area contributed by atoms with Crippen molar-refractivity contribution < 1.29 is 9.53 Å². The average molecular weight is 233 g/mol. The van der Waals surface area contributed by atoms with Crippen molar-refractivity contribution in [3.8, 4) is 0 Å². The first-order valence-electron chi connectivity index (χ1n) is 5.65. The highest BCUT2D eigenvalue weighted by Gasteiger charge is 2.15. The van der Waals surface area contributed by atoms with E-state index in [4.69, 9.17) is 4.74 Å². The largest absolute Gasteiger partial charge is 0.459 e. The van der Waals surface area contributed by atoms with Crippen LogP contribution in [0.3, 0.4) is 0 Å². The Morgan fingerprint density at radius 1 is 1.29 bits per heavy atom. The number of benzene rings is 1. The van der Waals surface area contributed by atoms with Crippen LogP contribution in [0.2, 0.25) is 0 Å². The second-order valence-electron chi connectivity index (χ2n) is 4.97. The third-order valence-corrected chi connectivity index (χ3v) is 1.96. The minimum Gasteiger partial charge on any atom is -0.459 e. The van der Waals surface area contributed by atoms with Crippen LogP contribution >= 0.6 is 0 Å². The van der Waals surface area contributed by atoms with Gasteiger partial charge < -0.3 is 4.74 Å². The van der Waals surface area contributed by atoms with E-state index in [1.165, 1.54) is 5.56 Å². The van der Waals surface area contributed by atoms with Crippen molar-refractivity contribution in [2.75, 3.05) is 6.54 Å². The van der Waals surface area contributed by atoms with E-state index in [0.29, 0.717) is 0 Å². The standard InChI is InChI=1S/C14H19NO2/c1-11-5-7-12(8-6-11)9-15-10-13(16)17-14(2,3)4/h5-9H,10H2,1-4H3. The van der Waals surface area contributed by atoms with E-state index in [1.54, 1.807) is 6.21 Å². The van der Waals surface area contributed by atoms with Gasteiger partial charge in [-0.25, -0.2) is 0 Å². The Morgan fingerprint density at radius 2 is 1.88 bits per heavy atom. The Kier molecular flexibility index (Phi) is 4.44. The molecule has 0 atom stereocenters. The molecule has 0 bridgehead atoms. The maximum Gasteiger partial charge on any atom is 0.328 e. The van der Waals surface area contributed by atoms with E-state index in [9.17, 15) is 4.79 Å². The van der Waals surface area contributed by atoms with Gasteiger partial charge in [-0.1, -0.05) is 29.8 Å². The lowest BCUT2D eigenvalue weighted by molar-refractivity contribution is -0.152. The van der Waals surface area contributed by atoms with Crippen molar-refractivity contribution in [2.24, 2.45) is 4.99 Å². The molecule has 3 heteroatoms. The zero-order valence-electron chi connectivity index (χ0n) is 10.9. The molecule has 0 aliphatic heterocycles. The fourth-order valence-electron chi connectivity index (χ4n) is 1.25. The summed E-state index contributed by atoms with van der Waals surface area (Å²) in [6.07, 6.45) is 1.68. The summed E-state index contributed by atoms with van der Waals surface area (Å²) in [5.41, 5.74) is 1.74. The van der Waals surface area contributed by atoms with Gasteiger partial charge in [0.15, 0.2) is 0 Å². The summed E-state index contributed by atoms with van der Waals surface area (Å²) in [6, 6.07) is 7.95. The molecule has 0 spiro atoms. The van der Waals surface area contributed by atoms with Gasteiger partial charge in [0.2, 0.25) is 0 Å². The van der Waals surface area contributed by atoms with Crippen LogP contribution in [0.5, 0.6) is 0 Å². The molecule has 0 saturated carbocycles. The van der Waals surface area contributed by atoms with E-state index in [2.05, 4.69) is 4.99 Å². The summed E-state index contributed by atoms with van der Waals surface area (Å²) in [5.74, 6) is -0.305. The number of aliphatic imine (C=N–C) groups is 1. The van der Waals surface area contributed by atoms with Gasteiger partial charge in [-0.15, -0.1) is 0 Å². The van der Waals surface area contributed by atoms with Gasteiger partial charge >= 0.3 is 5.97 Å². The van der Waals surface area contributed by atoms with Gasteiger partial charge in [-0.05, 0) is 33.3 Å². The second kappa shape index (κ2) is 5.62. The minimum atomic E-state index is -0.448. The van der Waals surface area contributed by atoms with E-state index in [0.717, 1.165) is 5.56 Å². The highest BCUT2D eigenvalue weighted by atomic mass is 16.6. The molecular formula is C14H19NO2. The molecule has 17 heavy (non-hydrogen) atoms. The lowest BCUT2D eigenvalue weighted by Crippen LogP contribution is -2.25. The Hall–Kier alpha value is -1.64. The number of carbonyl (C=O) groups is 1. The number of hydrogen-bond acceptors (Lipinski definition) is 3. The lowest BCUT2D eigenvalue weighted by Gasteiger charge is -2.18. The maximum atomic E-state index is 11.4. The minimum absolute atomic E-state index is 0.0607. The van der Waals surface area contributed by atoms with Crippen molar-refractivity contribution in [1.29, 1.82) is 0 Å². The van der Waals surface area contributed by atoms with Crippen LogP contribution in [0.25, 0.3) is 0 Å². The summed E-state index contributed by atoms with van der Waals surface area (Å²) in [5, 5.41) is 0. The van der Waals surface area contributed by atoms with Gasteiger partial charge in [0, 0.05) is 6.21 Å². The van der Waals surface area contributed by atoms with Crippen LogP contribution in [0.15, 0.2) is 29.3 Å². The molecule has 0 saturated heterocycles. The highest BCUT2D eigenvalue weighted by Crippen LogP contribution is 2.06. The molecule has 0 radical (unpaired) electrons. The number of hydrogen-bond donors (Lipinski definition) is 0. The van der Waals surface area contributed by atoms with Crippen LogP contribution in [-0.2, 0) is 9.53 Å². The Morgan fingerprint density at radius 3 is 2.41 bits per heavy atom. The maximum absolute atomic E-state index is 11.4. The molecule has 1 rings (SSSR count). The van der Waals surface area contributed by atoms with Crippen LogP contribution in [0.1, 0.15) is 31.9 Å². The monoisotopic (exact) mass is 233 g/mol. The Labute approximate surface area is 103 Å². The third kappa shape index (κ3) is 5.85. The lowest BCUT2D eigenvalue weighted by atomic mass is 10.2. The van der Waals surface area contributed by atoms with E-state index in [1.807, 2.05) is 52.0 Å². The van der Waals surface area contributed by atoms with Crippen LogP contribution in [0, 0.1) is 6.92 Å². The first-order valence-corrected chi connectivity index (χ1v) is 5.65. The average Bonchev–Trinajstić information content (AvgIpc) is 2.18. The van der Waals surface area contributed by atoms with Crippen molar-refractivity contribution in [3.05, 3.63) is 35.4 Å². The fraction of sp³-hybridized carbons (Fsp3) is 0.429. The van der Waals surface area contributed by atoms with Gasteiger partial charge in [-0.3, -0.25) is 9.79 Å². The smallest absolute Gasteiger partial charge is 0.328 e. The van der Waals surface area contributed by atoms with Crippen LogP contribution < -0.4 is 0 Å². The predicted octanol–water partition coefficient (Wildman–Crippen LogP) is 2.76. The van der Waals surface area contributed by atoms with Crippen molar-refractivity contribution in [1.82, 2.24) is 0 Å². The fourth-order valence-corrected chi connectivity index (χ4v) is 1.25. The van der Waals surface area contributed by atoms with Crippen LogP contribution in [-0.4, -0.2) is 24.3 Å². The van der Waals surface area contributed by atoms with Gasteiger partial charge in [-0.2, -0.15) is 0 Å². The SMILES string of the molecule is Cc1ccc(C=NCC(=O)OC(C)(C)C)cc1. The van der Waals surface area contributed by atoms with E-state index in [-0.39, 0.29) is 12.5 Å². The number of rotatable bonds is 3. The summed E-state index contributed by atoms with van der Waals surface area (Å²) in [6.45, 7) is 7.62. The molecule has 3 nitrogen and oxygen atoms in total. The van der Waals surface area contributed by atoms with Crippen LogP contribution in [0.4, 0.5) is 0 Å². The summed E-state index contributed by atoms with van der Waals surface area (Å²) in [7, 11) is 0. The topological polar surface area (TPSA) is 38.7 Å². The number of esters is 1. The number of ether oxygens (including phenoxy) is 1. The van der Waals surface area contributed by atoms with E-state index < -0.39 is 5.60 Å². The second-order valence-corrected chi connectivity index (χ2v) is 4.97. The van der Waals surface area contributed by atoms with Crippen molar-refractivity contribution in [3.63, 3.8) is 0 Å². The molecule has 0 aliphatic rings. The number of aryl methyl sites for hydroxylation is 1. The third-order valence-electron chi connectivity index (χ3n) is 1.96. The molecule has 0 aliphatic carbocycles. The van der Waals surface area contributed by atoms with E-state index >= 15 is 0 Å². The normalized spacial score (nSPS) is 11.8. The predicted molar refractivity (Wildman–Crippen MR) is 69.5 cm³/mol. The van der Waals surface area contributed by atoms with Gasteiger partial charge in [0.1, 0.15) is 12.1 Å². The molecule has 0 unspecified atom stereocenters. The zero-order valence-corrected chi connectivity index (χ0v) is 10.9. The Bertz CT molecular complexity index is 399. The van der Waals surface area contributed by atoms with Crippen molar-refractivity contribution >= 4 is 12.2 Å². The highest BCUT2D eigenvalue weighted by molar-refractivity contribution is 5.82. The molecule has 0 fully saturated rings. The molecule has 1 aromatic carbocycles. The first kappa shape index (κ1) is 13.4. The molecule has 0 heterocycles. The number of nitrogens with zero attached hydrogens (tertiary/aromatic N) is 1. The molecule has 0 N–H and O–H groups in total. The van der Waals surface area contributed by atoms with Gasteiger partial charge in [0.05, 0.1) is 0 Å². The molecule has 1 aromatic rings. The summed E-state index contributed by atoms with van der Waals surface area (Å²) in [4.78, 5) is 15.4. The molecule has 0 amide bonds. The Balaban J connectivity index is 2.45. The van der Waals surface area contributed by atoms with Gasteiger partial charge in [0.25, 0.3) is 0 Å². The van der Waals surface area contributed by atoms with Crippen molar-refractivity contribution in [2.45, 2.75) is 33.3 Å². The summed E-state index contributed by atoms with van der Waals surface area (Å²) < 4.78 is 5.14. The quantitative estimate of drug-likeness (QED) is 0.594. The molecular weight excluding hydrogens is 214 g/mol. The first-order chi connectivity index (χ1) is 7.87. The number of carbonyl (C=O) groups excluding carboxylic acids is 1.